The summed E-state index contributed by atoms with van der Waals surface area (Å²) in [6.07, 6.45) is 4.02. The Morgan fingerprint density at radius 3 is 2.54 bits per heavy atom. The van der Waals surface area contributed by atoms with Gasteiger partial charge in [0.1, 0.15) is 0 Å². The molecule has 0 bridgehead atoms. The van der Waals surface area contributed by atoms with Crippen molar-refractivity contribution in [2.24, 2.45) is 0 Å². The molecule has 3 heteroatoms. The lowest BCUT2D eigenvalue weighted by atomic mass is 9.84. The zero-order valence-corrected chi connectivity index (χ0v) is 8.33. The molecule has 1 spiro atoms. The lowest BCUT2D eigenvalue weighted by Gasteiger charge is -2.44. The third-order valence-electron chi connectivity index (χ3n) is 3.41. The van der Waals surface area contributed by atoms with Crippen LogP contribution in [0.25, 0.3) is 0 Å². The Morgan fingerprint density at radius 2 is 2.00 bits per heavy atom. The van der Waals surface area contributed by atoms with Crippen molar-refractivity contribution in [2.45, 2.75) is 37.4 Å². The van der Waals surface area contributed by atoms with Crippen molar-refractivity contribution >= 4 is 0 Å². The van der Waals surface area contributed by atoms with E-state index in [9.17, 15) is 5.11 Å². The van der Waals surface area contributed by atoms with E-state index in [0.29, 0.717) is 6.61 Å². The smallest absolute Gasteiger partial charge is 0.0775 e. The van der Waals surface area contributed by atoms with Crippen LogP contribution in [-0.2, 0) is 4.74 Å². The van der Waals surface area contributed by atoms with Crippen molar-refractivity contribution in [1.29, 1.82) is 0 Å². The van der Waals surface area contributed by atoms with Gasteiger partial charge in [0, 0.05) is 13.1 Å². The summed E-state index contributed by atoms with van der Waals surface area (Å²) in [6, 6.07) is 0. The molecule has 13 heavy (non-hydrogen) atoms. The zero-order chi connectivity index (χ0) is 9.31. The molecule has 76 valence electrons. The fraction of sp³-hybridized carbons (Fsp3) is 1.00. The highest BCUT2D eigenvalue weighted by Crippen LogP contribution is 2.34. The van der Waals surface area contributed by atoms with Gasteiger partial charge in [-0.1, -0.05) is 0 Å². The average Bonchev–Trinajstić information content (AvgIpc) is 2.16. The molecular formula is C10H19NO2. The first kappa shape index (κ1) is 9.44. The molecule has 2 aliphatic heterocycles. The highest BCUT2D eigenvalue weighted by molar-refractivity contribution is 4.90. The lowest BCUT2D eigenvalue weighted by Crippen LogP contribution is -2.48. The summed E-state index contributed by atoms with van der Waals surface area (Å²) in [7, 11) is 2.16. The van der Waals surface area contributed by atoms with E-state index in [4.69, 9.17) is 4.74 Å². The molecule has 0 aromatic heterocycles. The Kier molecular flexibility index (Phi) is 2.58. The SMILES string of the molecule is CN1CCC2(CCC(O)CO2)CC1. The Balaban J connectivity index is 1.90. The molecule has 2 fully saturated rings. The van der Waals surface area contributed by atoms with Crippen LogP contribution in [0.1, 0.15) is 25.7 Å². The topological polar surface area (TPSA) is 32.7 Å². The molecule has 1 unspecified atom stereocenters. The van der Waals surface area contributed by atoms with Gasteiger partial charge < -0.3 is 14.7 Å². The van der Waals surface area contributed by atoms with E-state index in [-0.39, 0.29) is 11.7 Å². The number of hydrogen-bond acceptors (Lipinski definition) is 3. The molecule has 2 saturated heterocycles. The second kappa shape index (κ2) is 3.56. The van der Waals surface area contributed by atoms with Gasteiger partial charge in [0.2, 0.25) is 0 Å². The van der Waals surface area contributed by atoms with Crippen LogP contribution in [0.3, 0.4) is 0 Å². The van der Waals surface area contributed by atoms with Crippen LogP contribution in [0.15, 0.2) is 0 Å². The van der Waals surface area contributed by atoms with Crippen molar-refractivity contribution in [3.63, 3.8) is 0 Å². The van der Waals surface area contributed by atoms with E-state index in [1.54, 1.807) is 0 Å². The number of ether oxygens (including phenoxy) is 1. The van der Waals surface area contributed by atoms with Gasteiger partial charge in [-0.3, -0.25) is 0 Å². The van der Waals surface area contributed by atoms with E-state index in [1.807, 2.05) is 0 Å². The molecule has 3 nitrogen and oxygen atoms in total. The van der Waals surface area contributed by atoms with Crippen LogP contribution in [0, 0.1) is 0 Å². The summed E-state index contributed by atoms with van der Waals surface area (Å²) in [5.41, 5.74) is 0.117. The maximum atomic E-state index is 9.34. The number of aliphatic hydroxyl groups is 1. The molecule has 0 aliphatic carbocycles. The summed E-state index contributed by atoms with van der Waals surface area (Å²) in [5, 5.41) is 9.34. The van der Waals surface area contributed by atoms with E-state index < -0.39 is 0 Å². The van der Waals surface area contributed by atoms with Crippen molar-refractivity contribution < 1.29 is 9.84 Å². The van der Waals surface area contributed by atoms with Gasteiger partial charge in [-0.15, -0.1) is 0 Å². The molecule has 2 heterocycles. The maximum Gasteiger partial charge on any atom is 0.0775 e. The van der Waals surface area contributed by atoms with Gasteiger partial charge in [0.15, 0.2) is 0 Å². The van der Waals surface area contributed by atoms with Gasteiger partial charge in [-0.25, -0.2) is 0 Å². The number of hydrogen-bond donors (Lipinski definition) is 1. The van der Waals surface area contributed by atoms with Crippen LogP contribution in [-0.4, -0.2) is 48.5 Å². The molecule has 2 aliphatic rings. The first-order chi connectivity index (χ1) is 6.20. The normalized spacial score (nSPS) is 35.1. The molecule has 0 saturated carbocycles. The van der Waals surface area contributed by atoms with Gasteiger partial charge in [0.05, 0.1) is 18.3 Å². The maximum absolute atomic E-state index is 9.34. The third kappa shape index (κ3) is 2.03. The van der Waals surface area contributed by atoms with Crippen LogP contribution in [0.4, 0.5) is 0 Å². The molecule has 1 atom stereocenters. The van der Waals surface area contributed by atoms with Crippen LogP contribution in [0.5, 0.6) is 0 Å². The second-order valence-corrected chi connectivity index (χ2v) is 4.49. The van der Waals surface area contributed by atoms with E-state index >= 15 is 0 Å². The Labute approximate surface area is 79.7 Å². The minimum Gasteiger partial charge on any atom is -0.391 e. The first-order valence-corrected chi connectivity index (χ1v) is 5.21. The highest BCUT2D eigenvalue weighted by atomic mass is 16.5. The van der Waals surface area contributed by atoms with E-state index in [2.05, 4.69) is 11.9 Å². The van der Waals surface area contributed by atoms with Crippen molar-refractivity contribution in [3.8, 4) is 0 Å². The predicted molar refractivity (Wildman–Crippen MR) is 50.7 cm³/mol. The Morgan fingerprint density at radius 1 is 1.31 bits per heavy atom. The molecule has 2 rings (SSSR count). The summed E-state index contributed by atoms with van der Waals surface area (Å²) >= 11 is 0. The summed E-state index contributed by atoms with van der Waals surface area (Å²) in [6.45, 7) is 2.82. The van der Waals surface area contributed by atoms with Gasteiger partial charge in [-0.2, -0.15) is 0 Å². The fourth-order valence-electron chi connectivity index (χ4n) is 2.28. The van der Waals surface area contributed by atoms with Gasteiger partial charge in [-0.05, 0) is 32.7 Å². The molecule has 0 aromatic rings. The van der Waals surface area contributed by atoms with E-state index in [1.165, 1.54) is 0 Å². The Bertz CT molecular complexity index is 144. The second-order valence-electron chi connectivity index (χ2n) is 4.49. The number of aliphatic hydroxyl groups excluding tert-OH is 1. The van der Waals surface area contributed by atoms with Crippen molar-refractivity contribution in [2.75, 3.05) is 26.7 Å². The summed E-state index contributed by atoms with van der Waals surface area (Å²) in [5.74, 6) is 0. The number of nitrogens with zero attached hydrogens (tertiary/aromatic N) is 1. The van der Waals surface area contributed by atoms with Gasteiger partial charge in [0.25, 0.3) is 0 Å². The minimum atomic E-state index is -0.217. The highest BCUT2D eigenvalue weighted by Gasteiger charge is 2.37. The molecule has 1 N–H and O–H groups in total. The number of rotatable bonds is 0. The standard InChI is InChI=1S/C10H19NO2/c1-11-6-4-10(5-7-11)3-2-9(12)8-13-10/h9,12H,2-8H2,1H3. The zero-order valence-electron chi connectivity index (χ0n) is 8.33. The third-order valence-corrected chi connectivity index (χ3v) is 3.41. The summed E-state index contributed by atoms with van der Waals surface area (Å²) in [4.78, 5) is 2.35. The van der Waals surface area contributed by atoms with Crippen LogP contribution >= 0.6 is 0 Å². The largest absolute Gasteiger partial charge is 0.391 e. The van der Waals surface area contributed by atoms with Gasteiger partial charge >= 0.3 is 0 Å². The molecule has 0 radical (unpaired) electrons. The quantitative estimate of drug-likeness (QED) is 0.600. The predicted octanol–water partition coefficient (Wildman–Crippen LogP) is 0.622. The van der Waals surface area contributed by atoms with Crippen molar-refractivity contribution in [1.82, 2.24) is 4.90 Å². The monoisotopic (exact) mass is 185 g/mol. The molecule has 0 amide bonds. The van der Waals surface area contributed by atoms with Crippen LogP contribution in [0.2, 0.25) is 0 Å². The first-order valence-electron chi connectivity index (χ1n) is 5.21. The number of likely N-dealkylation sites (tertiary alicyclic amines) is 1. The summed E-state index contributed by atoms with van der Waals surface area (Å²) < 4.78 is 5.79. The van der Waals surface area contributed by atoms with Crippen LogP contribution < -0.4 is 0 Å². The molecule has 0 aromatic carbocycles. The number of piperidine rings is 1. The minimum absolute atomic E-state index is 0.117. The average molecular weight is 185 g/mol. The van der Waals surface area contributed by atoms with E-state index in [0.717, 1.165) is 38.8 Å². The molecular weight excluding hydrogens is 166 g/mol. The fourth-order valence-corrected chi connectivity index (χ4v) is 2.28. The Hall–Kier alpha value is -0.120. The lowest BCUT2D eigenvalue weighted by molar-refractivity contribution is -0.145. The van der Waals surface area contributed by atoms with Crippen molar-refractivity contribution in [3.05, 3.63) is 0 Å².